The molecule has 12 heavy (non-hydrogen) atoms. The fourth-order valence-corrected chi connectivity index (χ4v) is 2.10. The predicted octanol–water partition coefficient (Wildman–Crippen LogP) is 2.73. The number of fused-ring (bicyclic) bond motifs is 1. The number of ketones is 1. The van der Waals surface area contributed by atoms with Crippen LogP contribution in [0, 0.1) is 10.5 Å². The number of rotatable bonds is 0. The summed E-state index contributed by atoms with van der Waals surface area (Å²) in [7, 11) is 0. The lowest BCUT2D eigenvalue weighted by atomic mass is 10.1. The smallest absolute Gasteiger partial charge is 0.163 e. The van der Waals surface area contributed by atoms with E-state index in [1.165, 1.54) is 14.7 Å². The summed E-state index contributed by atoms with van der Waals surface area (Å²) in [5.74, 6) is 0.310. The van der Waals surface area contributed by atoms with Crippen molar-refractivity contribution in [3.8, 4) is 0 Å². The number of aryl methyl sites for hydroxylation is 2. The zero-order valence-electron chi connectivity index (χ0n) is 6.86. The topological polar surface area (TPSA) is 17.1 Å². The number of benzene rings is 1. The fourth-order valence-electron chi connectivity index (χ4n) is 1.57. The van der Waals surface area contributed by atoms with Crippen LogP contribution in [0.2, 0.25) is 0 Å². The molecule has 1 aliphatic rings. The Morgan fingerprint density at radius 1 is 1.33 bits per heavy atom. The molecule has 2 rings (SSSR count). The maximum Gasteiger partial charge on any atom is 0.163 e. The highest BCUT2D eigenvalue weighted by atomic mass is 127. The van der Waals surface area contributed by atoms with E-state index in [0.29, 0.717) is 12.2 Å². The molecule has 0 atom stereocenters. The van der Waals surface area contributed by atoms with Crippen molar-refractivity contribution in [2.45, 2.75) is 19.8 Å². The Hall–Kier alpha value is -0.380. The molecule has 0 spiro atoms. The van der Waals surface area contributed by atoms with E-state index < -0.39 is 0 Å². The Labute approximate surface area is 85.3 Å². The van der Waals surface area contributed by atoms with Gasteiger partial charge in [-0.2, -0.15) is 0 Å². The highest BCUT2D eigenvalue weighted by Crippen LogP contribution is 2.25. The SMILES string of the molecule is Cc1cc2c(cc1I)CCC2=O. The Morgan fingerprint density at radius 2 is 2.08 bits per heavy atom. The van der Waals surface area contributed by atoms with Gasteiger partial charge in [0.05, 0.1) is 0 Å². The third-order valence-electron chi connectivity index (χ3n) is 2.31. The van der Waals surface area contributed by atoms with Crippen LogP contribution in [0.4, 0.5) is 0 Å². The third-order valence-corrected chi connectivity index (χ3v) is 3.47. The molecule has 0 fully saturated rings. The fraction of sp³-hybridized carbons (Fsp3) is 0.300. The van der Waals surface area contributed by atoms with Gasteiger partial charge >= 0.3 is 0 Å². The minimum Gasteiger partial charge on any atom is -0.294 e. The molecule has 1 nitrogen and oxygen atoms in total. The molecule has 2 heteroatoms. The van der Waals surface area contributed by atoms with Gasteiger partial charge in [-0.1, -0.05) is 0 Å². The summed E-state index contributed by atoms with van der Waals surface area (Å²) in [6.07, 6.45) is 1.64. The molecule has 0 radical (unpaired) electrons. The normalized spacial score (nSPS) is 15.0. The molecule has 0 heterocycles. The van der Waals surface area contributed by atoms with E-state index >= 15 is 0 Å². The monoisotopic (exact) mass is 272 g/mol. The highest BCUT2D eigenvalue weighted by molar-refractivity contribution is 14.1. The Bertz CT molecular complexity index is 355. The van der Waals surface area contributed by atoms with Gasteiger partial charge in [0.1, 0.15) is 0 Å². The zero-order chi connectivity index (χ0) is 8.72. The molecule has 1 aromatic rings. The molecule has 1 aromatic carbocycles. The van der Waals surface area contributed by atoms with Gasteiger partial charge in [-0.05, 0) is 59.2 Å². The van der Waals surface area contributed by atoms with E-state index in [4.69, 9.17) is 0 Å². The average Bonchev–Trinajstić information content (AvgIpc) is 2.35. The standard InChI is InChI=1S/C10H9IO/c1-6-4-8-7(5-9(6)11)2-3-10(8)12/h4-5H,2-3H2,1H3. The van der Waals surface area contributed by atoms with Crippen molar-refractivity contribution < 1.29 is 4.79 Å². The lowest BCUT2D eigenvalue weighted by molar-refractivity contribution is 0.0994. The minimum atomic E-state index is 0.310. The van der Waals surface area contributed by atoms with Gasteiger partial charge in [-0.3, -0.25) is 4.79 Å². The molecule has 0 saturated carbocycles. The molecule has 0 amide bonds. The first kappa shape index (κ1) is 8.23. The molecule has 0 aliphatic heterocycles. The van der Waals surface area contributed by atoms with Gasteiger partial charge in [0.25, 0.3) is 0 Å². The van der Waals surface area contributed by atoms with E-state index in [1.54, 1.807) is 0 Å². The largest absolute Gasteiger partial charge is 0.294 e. The summed E-state index contributed by atoms with van der Waals surface area (Å²) in [4.78, 5) is 11.3. The molecule has 0 N–H and O–H groups in total. The van der Waals surface area contributed by atoms with Crippen LogP contribution in [-0.4, -0.2) is 5.78 Å². The van der Waals surface area contributed by atoms with Crippen molar-refractivity contribution in [3.63, 3.8) is 0 Å². The molecule has 0 saturated heterocycles. The van der Waals surface area contributed by atoms with E-state index in [9.17, 15) is 4.79 Å². The number of hydrogen-bond donors (Lipinski definition) is 0. The van der Waals surface area contributed by atoms with Crippen LogP contribution >= 0.6 is 22.6 Å². The van der Waals surface area contributed by atoms with Gasteiger partial charge in [-0.15, -0.1) is 0 Å². The maximum atomic E-state index is 11.3. The number of carbonyl (C=O) groups excluding carboxylic acids is 1. The first-order valence-electron chi connectivity index (χ1n) is 4.00. The van der Waals surface area contributed by atoms with Gasteiger partial charge in [0.2, 0.25) is 0 Å². The van der Waals surface area contributed by atoms with Crippen LogP contribution in [0.15, 0.2) is 12.1 Å². The van der Waals surface area contributed by atoms with E-state index in [1.807, 2.05) is 13.0 Å². The van der Waals surface area contributed by atoms with Gasteiger partial charge < -0.3 is 0 Å². The van der Waals surface area contributed by atoms with Crippen molar-refractivity contribution >= 4 is 28.4 Å². The molecule has 0 bridgehead atoms. The Morgan fingerprint density at radius 3 is 2.83 bits per heavy atom. The van der Waals surface area contributed by atoms with Crippen LogP contribution in [0.3, 0.4) is 0 Å². The quantitative estimate of drug-likeness (QED) is 0.664. The summed E-state index contributed by atoms with van der Waals surface area (Å²) in [6, 6.07) is 4.16. The van der Waals surface area contributed by atoms with Gasteiger partial charge in [0, 0.05) is 15.6 Å². The molecule has 0 aromatic heterocycles. The molecular formula is C10H9IO. The second kappa shape index (κ2) is 2.83. The van der Waals surface area contributed by atoms with Crippen LogP contribution < -0.4 is 0 Å². The van der Waals surface area contributed by atoms with Gasteiger partial charge in [-0.25, -0.2) is 0 Å². The first-order chi connectivity index (χ1) is 5.68. The van der Waals surface area contributed by atoms with Crippen molar-refractivity contribution in [1.29, 1.82) is 0 Å². The Balaban J connectivity index is 2.63. The lowest BCUT2D eigenvalue weighted by Crippen LogP contribution is -1.93. The van der Waals surface area contributed by atoms with E-state index in [2.05, 4.69) is 28.7 Å². The minimum absolute atomic E-state index is 0.310. The van der Waals surface area contributed by atoms with E-state index in [-0.39, 0.29) is 0 Å². The molecule has 1 aliphatic carbocycles. The second-order valence-corrected chi connectivity index (χ2v) is 4.34. The highest BCUT2D eigenvalue weighted by Gasteiger charge is 2.19. The van der Waals surface area contributed by atoms with Crippen LogP contribution in [0.1, 0.15) is 27.9 Å². The number of halogens is 1. The Kier molecular flexibility index (Phi) is 1.94. The maximum absolute atomic E-state index is 11.3. The van der Waals surface area contributed by atoms with Crippen molar-refractivity contribution in [2.24, 2.45) is 0 Å². The molecular weight excluding hydrogens is 263 g/mol. The van der Waals surface area contributed by atoms with Crippen molar-refractivity contribution in [1.82, 2.24) is 0 Å². The lowest BCUT2D eigenvalue weighted by Gasteiger charge is -2.01. The summed E-state index contributed by atoms with van der Waals surface area (Å²) < 4.78 is 1.26. The first-order valence-corrected chi connectivity index (χ1v) is 5.08. The van der Waals surface area contributed by atoms with Crippen molar-refractivity contribution in [2.75, 3.05) is 0 Å². The summed E-state index contributed by atoms with van der Waals surface area (Å²) in [5.41, 5.74) is 3.40. The van der Waals surface area contributed by atoms with Crippen molar-refractivity contribution in [3.05, 3.63) is 32.4 Å². The summed E-state index contributed by atoms with van der Waals surface area (Å²) >= 11 is 2.31. The average molecular weight is 272 g/mol. The van der Waals surface area contributed by atoms with E-state index in [0.717, 1.165) is 12.0 Å². The number of Topliss-reactive ketones (excluding diaryl/α,β-unsaturated/α-hetero) is 1. The van der Waals surface area contributed by atoms with Crippen LogP contribution in [-0.2, 0) is 6.42 Å². The number of carbonyl (C=O) groups is 1. The van der Waals surface area contributed by atoms with Crippen LogP contribution in [0.25, 0.3) is 0 Å². The summed E-state index contributed by atoms with van der Waals surface area (Å²) in [6.45, 7) is 2.05. The van der Waals surface area contributed by atoms with Gasteiger partial charge in [0.15, 0.2) is 5.78 Å². The predicted molar refractivity (Wildman–Crippen MR) is 56.5 cm³/mol. The zero-order valence-corrected chi connectivity index (χ0v) is 9.01. The third kappa shape index (κ3) is 1.18. The number of hydrogen-bond acceptors (Lipinski definition) is 1. The molecule has 62 valence electrons. The molecule has 0 unspecified atom stereocenters. The van der Waals surface area contributed by atoms with Crippen LogP contribution in [0.5, 0.6) is 0 Å². The summed E-state index contributed by atoms with van der Waals surface area (Å²) in [5, 5.41) is 0. The second-order valence-electron chi connectivity index (χ2n) is 3.18.